The van der Waals surface area contributed by atoms with Crippen molar-refractivity contribution in [2.75, 3.05) is 7.11 Å². The van der Waals surface area contributed by atoms with Crippen molar-refractivity contribution in [1.29, 1.82) is 0 Å². The molecule has 6 heteroatoms. The van der Waals surface area contributed by atoms with Gasteiger partial charge in [-0.15, -0.1) is 0 Å². The Kier molecular flexibility index (Phi) is 3.82. The first-order chi connectivity index (χ1) is 7.95. The molecule has 2 N–H and O–H groups in total. The largest absolute Gasteiger partial charge is 0.484 e. The third kappa shape index (κ3) is 3.04. The minimum Gasteiger partial charge on any atom is -0.484 e. The first kappa shape index (κ1) is 12.7. The predicted octanol–water partition coefficient (Wildman–Crippen LogP) is 1.78. The molecule has 1 rings (SSSR count). The number of carboxylic acids is 2. The number of aliphatic imine (C=N–C) groups is 1. The van der Waals surface area contributed by atoms with E-state index in [0.29, 0.717) is 0 Å². The summed E-state index contributed by atoms with van der Waals surface area (Å²) in [6.45, 7) is 1.54. The molecule has 0 aliphatic carbocycles. The zero-order valence-electron chi connectivity index (χ0n) is 9.30. The number of carbonyl (C=O) groups is 2. The molecule has 0 amide bonds. The Morgan fingerprint density at radius 1 is 1.24 bits per heavy atom. The summed E-state index contributed by atoms with van der Waals surface area (Å²) in [5, 5.41) is 17.7. The quantitative estimate of drug-likeness (QED) is 0.617. The SMILES string of the molecule is CO/C(C)=N/c1cc(C(=O)O)ccc1C(=O)O. The fraction of sp³-hybridized carbons (Fsp3) is 0.182. The average Bonchev–Trinajstić information content (AvgIpc) is 2.28. The molecule has 0 aromatic heterocycles. The molecule has 0 bridgehead atoms. The molecule has 17 heavy (non-hydrogen) atoms. The second-order valence-corrected chi connectivity index (χ2v) is 3.18. The number of rotatable bonds is 3. The van der Waals surface area contributed by atoms with Gasteiger partial charge in [0.25, 0.3) is 0 Å². The summed E-state index contributed by atoms with van der Waals surface area (Å²) in [5.74, 6) is -2.08. The summed E-state index contributed by atoms with van der Waals surface area (Å²) in [4.78, 5) is 25.6. The van der Waals surface area contributed by atoms with Crippen LogP contribution in [0.4, 0.5) is 5.69 Å². The highest BCUT2D eigenvalue weighted by Gasteiger charge is 2.13. The molecule has 0 heterocycles. The van der Waals surface area contributed by atoms with E-state index in [-0.39, 0.29) is 22.7 Å². The van der Waals surface area contributed by atoms with Crippen molar-refractivity contribution in [1.82, 2.24) is 0 Å². The van der Waals surface area contributed by atoms with Crippen molar-refractivity contribution in [3.05, 3.63) is 29.3 Å². The predicted molar refractivity (Wildman–Crippen MR) is 60.1 cm³/mol. The Morgan fingerprint density at radius 3 is 2.35 bits per heavy atom. The van der Waals surface area contributed by atoms with Gasteiger partial charge in [-0.05, 0) is 18.2 Å². The Labute approximate surface area is 97.2 Å². The Balaban J connectivity index is 3.35. The van der Waals surface area contributed by atoms with Gasteiger partial charge in [0.1, 0.15) is 0 Å². The maximum atomic E-state index is 10.9. The first-order valence-electron chi connectivity index (χ1n) is 4.65. The van der Waals surface area contributed by atoms with E-state index >= 15 is 0 Å². The minimum atomic E-state index is -1.18. The number of methoxy groups -OCH3 is 1. The third-order valence-electron chi connectivity index (χ3n) is 2.05. The lowest BCUT2D eigenvalue weighted by atomic mass is 10.1. The zero-order valence-corrected chi connectivity index (χ0v) is 9.30. The second-order valence-electron chi connectivity index (χ2n) is 3.18. The van der Waals surface area contributed by atoms with E-state index in [9.17, 15) is 9.59 Å². The standard InChI is InChI=1S/C11H11NO5/c1-6(17-2)12-9-5-7(10(13)14)3-4-8(9)11(15)16/h3-5H,1-2H3,(H,13,14)(H,15,16)/b12-6+. The fourth-order valence-electron chi connectivity index (χ4n) is 1.15. The number of hydrogen-bond acceptors (Lipinski definition) is 4. The maximum absolute atomic E-state index is 10.9. The molecule has 0 spiro atoms. The molecule has 0 unspecified atom stereocenters. The van der Waals surface area contributed by atoms with Crippen molar-refractivity contribution in [3.63, 3.8) is 0 Å². The highest BCUT2D eigenvalue weighted by atomic mass is 16.5. The molecule has 0 saturated heterocycles. The van der Waals surface area contributed by atoms with E-state index in [2.05, 4.69) is 4.99 Å². The van der Waals surface area contributed by atoms with Gasteiger partial charge in [0.2, 0.25) is 0 Å². The van der Waals surface area contributed by atoms with Crippen LogP contribution < -0.4 is 0 Å². The first-order valence-corrected chi connectivity index (χ1v) is 4.65. The smallest absolute Gasteiger partial charge is 0.337 e. The minimum absolute atomic E-state index is 0.0300. The van der Waals surface area contributed by atoms with E-state index in [1.165, 1.54) is 25.3 Å². The van der Waals surface area contributed by atoms with Gasteiger partial charge < -0.3 is 14.9 Å². The number of aromatic carboxylic acids is 2. The van der Waals surface area contributed by atoms with Gasteiger partial charge in [-0.25, -0.2) is 14.6 Å². The van der Waals surface area contributed by atoms with Crippen molar-refractivity contribution in [3.8, 4) is 0 Å². The lowest BCUT2D eigenvalue weighted by molar-refractivity contribution is 0.0682. The molecule has 0 radical (unpaired) electrons. The molecular weight excluding hydrogens is 226 g/mol. The summed E-state index contributed by atoms with van der Waals surface area (Å²) in [6, 6.07) is 3.61. The van der Waals surface area contributed by atoms with E-state index in [0.717, 1.165) is 0 Å². The van der Waals surface area contributed by atoms with Crippen LogP contribution in [0.25, 0.3) is 0 Å². The van der Waals surface area contributed by atoms with Crippen molar-refractivity contribution in [2.24, 2.45) is 4.99 Å². The molecule has 1 aromatic rings. The van der Waals surface area contributed by atoms with Crippen molar-refractivity contribution in [2.45, 2.75) is 6.92 Å². The lowest BCUT2D eigenvalue weighted by Crippen LogP contribution is -2.02. The van der Waals surface area contributed by atoms with Gasteiger partial charge in [0.05, 0.1) is 23.9 Å². The molecule has 0 saturated carbocycles. The van der Waals surface area contributed by atoms with Gasteiger partial charge in [0.15, 0.2) is 5.90 Å². The van der Waals surface area contributed by atoms with Crippen LogP contribution in [0, 0.1) is 0 Å². The summed E-state index contributed by atoms with van der Waals surface area (Å²) < 4.78 is 4.80. The highest BCUT2D eigenvalue weighted by Crippen LogP contribution is 2.21. The molecule has 0 fully saturated rings. The van der Waals surface area contributed by atoms with Crippen LogP contribution >= 0.6 is 0 Å². The normalized spacial score (nSPS) is 11.1. The van der Waals surface area contributed by atoms with E-state index in [4.69, 9.17) is 14.9 Å². The van der Waals surface area contributed by atoms with Gasteiger partial charge in [-0.3, -0.25) is 0 Å². The zero-order chi connectivity index (χ0) is 13.0. The summed E-state index contributed by atoms with van der Waals surface area (Å²) in [6.07, 6.45) is 0. The number of ether oxygens (including phenoxy) is 1. The summed E-state index contributed by atoms with van der Waals surface area (Å²) >= 11 is 0. The van der Waals surface area contributed by atoms with Crippen LogP contribution in [-0.2, 0) is 4.74 Å². The van der Waals surface area contributed by atoms with E-state index in [1.807, 2.05) is 0 Å². The summed E-state index contributed by atoms with van der Waals surface area (Å²) in [5.41, 5.74) is -0.0548. The number of hydrogen-bond donors (Lipinski definition) is 2. The van der Waals surface area contributed by atoms with Crippen LogP contribution in [0.15, 0.2) is 23.2 Å². The maximum Gasteiger partial charge on any atom is 0.337 e. The molecule has 1 aromatic carbocycles. The number of carboxylic acid groups (broad SMARTS) is 2. The topological polar surface area (TPSA) is 96.2 Å². The molecule has 0 aliphatic heterocycles. The fourth-order valence-corrected chi connectivity index (χ4v) is 1.15. The highest BCUT2D eigenvalue weighted by molar-refractivity contribution is 5.98. The Bertz CT molecular complexity index is 493. The van der Waals surface area contributed by atoms with Crippen LogP contribution in [0.3, 0.4) is 0 Å². The number of nitrogens with zero attached hydrogens (tertiary/aromatic N) is 1. The molecule has 0 atom stereocenters. The van der Waals surface area contributed by atoms with Gasteiger partial charge in [0, 0.05) is 6.92 Å². The Morgan fingerprint density at radius 2 is 1.88 bits per heavy atom. The van der Waals surface area contributed by atoms with Gasteiger partial charge in [-0.1, -0.05) is 0 Å². The third-order valence-corrected chi connectivity index (χ3v) is 2.05. The Hall–Kier alpha value is -2.37. The monoisotopic (exact) mass is 237 g/mol. The molecule has 90 valence electrons. The van der Waals surface area contributed by atoms with Crippen LogP contribution in [0.1, 0.15) is 27.6 Å². The second kappa shape index (κ2) is 5.11. The molecular formula is C11H11NO5. The molecule has 0 aliphatic rings. The van der Waals surface area contributed by atoms with Crippen molar-refractivity contribution >= 4 is 23.5 Å². The summed E-state index contributed by atoms with van der Waals surface area (Å²) in [7, 11) is 1.39. The van der Waals surface area contributed by atoms with E-state index in [1.54, 1.807) is 6.92 Å². The lowest BCUT2D eigenvalue weighted by Gasteiger charge is -2.04. The molecule has 6 nitrogen and oxygen atoms in total. The van der Waals surface area contributed by atoms with E-state index < -0.39 is 11.9 Å². The average molecular weight is 237 g/mol. The van der Waals surface area contributed by atoms with Crippen LogP contribution in [0.2, 0.25) is 0 Å². The van der Waals surface area contributed by atoms with Gasteiger partial charge in [-0.2, -0.15) is 0 Å². The van der Waals surface area contributed by atoms with Crippen LogP contribution in [0.5, 0.6) is 0 Å². The van der Waals surface area contributed by atoms with Gasteiger partial charge >= 0.3 is 11.9 Å². The van der Waals surface area contributed by atoms with Crippen molar-refractivity contribution < 1.29 is 24.5 Å². The van der Waals surface area contributed by atoms with Crippen LogP contribution in [-0.4, -0.2) is 35.2 Å². The number of benzene rings is 1.